The molecule has 1 aliphatic rings. The summed E-state index contributed by atoms with van der Waals surface area (Å²) >= 11 is 0. The molecule has 3 N–H and O–H groups in total. The molecule has 0 saturated carbocycles. The van der Waals surface area contributed by atoms with Crippen molar-refractivity contribution in [3.05, 3.63) is 35.9 Å². The van der Waals surface area contributed by atoms with E-state index in [0.717, 1.165) is 18.4 Å². The van der Waals surface area contributed by atoms with Crippen molar-refractivity contribution < 1.29 is 19.4 Å². The molecule has 0 aliphatic carbocycles. The summed E-state index contributed by atoms with van der Waals surface area (Å²) < 4.78 is 5.29. The summed E-state index contributed by atoms with van der Waals surface area (Å²) in [4.78, 5) is 24.3. The molecule has 1 atom stereocenters. The van der Waals surface area contributed by atoms with Gasteiger partial charge in [0.05, 0.1) is 6.42 Å². The third-order valence-electron chi connectivity index (χ3n) is 4.02. The summed E-state index contributed by atoms with van der Waals surface area (Å²) in [5.41, 5.74) is 6.84. The second-order valence-electron chi connectivity index (χ2n) is 5.63. The minimum Gasteiger partial charge on any atom is -0.481 e. The normalized spacial score (nSPS) is 17.0. The van der Waals surface area contributed by atoms with E-state index in [2.05, 4.69) is 0 Å². The Balaban J connectivity index is 1.74. The number of carboxylic acid groups (broad SMARTS) is 1. The van der Waals surface area contributed by atoms with Crippen LogP contribution < -0.4 is 5.73 Å². The molecule has 1 heterocycles. The summed E-state index contributed by atoms with van der Waals surface area (Å²) in [6.45, 7) is 1.38. The Morgan fingerprint density at radius 1 is 1.27 bits per heavy atom. The lowest BCUT2D eigenvalue weighted by Crippen LogP contribution is -2.44. The van der Waals surface area contributed by atoms with Gasteiger partial charge in [-0.3, -0.25) is 4.79 Å². The van der Waals surface area contributed by atoms with Gasteiger partial charge >= 0.3 is 12.1 Å². The van der Waals surface area contributed by atoms with Gasteiger partial charge in [-0.05, 0) is 24.3 Å². The molecule has 120 valence electrons. The van der Waals surface area contributed by atoms with Crippen molar-refractivity contribution >= 4 is 12.1 Å². The van der Waals surface area contributed by atoms with Crippen LogP contribution in [0.1, 0.15) is 24.8 Å². The van der Waals surface area contributed by atoms with Gasteiger partial charge in [0.1, 0.15) is 6.61 Å². The first-order chi connectivity index (χ1) is 10.6. The molecule has 1 aromatic carbocycles. The van der Waals surface area contributed by atoms with Gasteiger partial charge in [-0.2, -0.15) is 0 Å². The predicted octanol–water partition coefficient (Wildman–Crippen LogP) is 1.84. The molecule has 6 heteroatoms. The molecule has 1 unspecified atom stereocenters. The van der Waals surface area contributed by atoms with Gasteiger partial charge < -0.3 is 20.5 Å². The van der Waals surface area contributed by atoms with E-state index in [1.165, 1.54) is 0 Å². The fourth-order valence-corrected chi connectivity index (χ4v) is 2.69. The van der Waals surface area contributed by atoms with Gasteiger partial charge in [0.15, 0.2) is 0 Å². The highest BCUT2D eigenvalue weighted by atomic mass is 16.6. The zero-order valence-electron chi connectivity index (χ0n) is 12.5. The number of piperidine rings is 1. The largest absolute Gasteiger partial charge is 0.481 e. The van der Waals surface area contributed by atoms with Crippen molar-refractivity contribution in [2.45, 2.75) is 31.9 Å². The fourth-order valence-electron chi connectivity index (χ4n) is 2.69. The monoisotopic (exact) mass is 306 g/mol. The second-order valence-corrected chi connectivity index (χ2v) is 5.63. The molecule has 0 bridgehead atoms. The first-order valence-electron chi connectivity index (χ1n) is 7.49. The highest BCUT2D eigenvalue weighted by molar-refractivity contribution is 5.68. The van der Waals surface area contributed by atoms with Crippen LogP contribution in [0, 0.1) is 5.92 Å². The van der Waals surface area contributed by atoms with Crippen molar-refractivity contribution in [2.24, 2.45) is 11.7 Å². The maximum atomic E-state index is 12.0. The van der Waals surface area contributed by atoms with Crippen LogP contribution in [0.15, 0.2) is 30.3 Å². The van der Waals surface area contributed by atoms with Crippen LogP contribution in [-0.2, 0) is 16.1 Å². The molecule has 0 aromatic heterocycles. The minimum atomic E-state index is -0.878. The number of rotatable bonds is 5. The Bertz CT molecular complexity index is 498. The lowest BCUT2D eigenvalue weighted by Gasteiger charge is -2.33. The van der Waals surface area contributed by atoms with Crippen molar-refractivity contribution in [1.29, 1.82) is 0 Å². The van der Waals surface area contributed by atoms with Gasteiger partial charge in [0.2, 0.25) is 0 Å². The van der Waals surface area contributed by atoms with Crippen molar-refractivity contribution in [1.82, 2.24) is 4.90 Å². The number of carboxylic acids is 1. The molecule has 1 fully saturated rings. The first kappa shape index (κ1) is 16.3. The van der Waals surface area contributed by atoms with Crippen molar-refractivity contribution in [3.8, 4) is 0 Å². The zero-order valence-corrected chi connectivity index (χ0v) is 12.5. The summed E-state index contributed by atoms with van der Waals surface area (Å²) in [6, 6.07) is 9.18. The summed E-state index contributed by atoms with van der Waals surface area (Å²) in [5, 5.41) is 8.77. The van der Waals surface area contributed by atoms with E-state index in [0.29, 0.717) is 13.1 Å². The molecule has 1 aliphatic heterocycles. The lowest BCUT2D eigenvalue weighted by molar-refractivity contribution is -0.137. The van der Waals surface area contributed by atoms with Gasteiger partial charge in [-0.1, -0.05) is 30.3 Å². The quantitative estimate of drug-likeness (QED) is 0.866. The molecule has 1 amide bonds. The maximum Gasteiger partial charge on any atom is 0.410 e. The van der Waals surface area contributed by atoms with E-state index < -0.39 is 5.97 Å². The Labute approximate surface area is 129 Å². The topological polar surface area (TPSA) is 92.9 Å². The average Bonchev–Trinajstić information content (AvgIpc) is 2.53. The number of carbonyl (C=O) groups excluding carboxylic acids is 1. The third kappa shape index (κ3) is 4.73. The van der Waals surface area contributed by atoms with Gasteiger partial charge in [0, 0.05) is 19.1 Å². The molecule has 0 radical (unpaired) electrons. The summed E-state index contributed by atoms with van der Waals surface area (Å²) in [5.74, 6) is -0.730. The highest BCUT2D eigenvalue weighted by Crippen LogP contribution is 2.22. The number of likely N-dealkylation sites (tertiary alicyclic amines) is 1. The number of nitrogens with zero attached hydrogens (tertiary/aromatic N) is 1. The number of carbonyl (C=O) groups is 2. The molecular formula is C16H22N2O4. The van der Waals surface area contributed by atoms with Crippen LogP contribution in [0.25, 0.3) is 0 Å². The summed E-state index contributed by atoms with van der Waals surface area (Å²) in [7, 11) is 0. The number of amides is 1. The third-order valence-corrected chi connectivity index (χ3v) is 4.02. The lowest BCUT2D eigenvalue weighted by atomic mass is 9.88. The fraction of sp³-hybridized carbons (Fsp3) is 0.500. The number of benzene rings is 1. The standard InChI is InChI=1S/C16H22N2O4/c17-14(10-15(19)20)13-6-8-18(9-7-13)16(21)22-11-12-4-2-1-3-5-12/h1-5,13-14H,6-11,17H2,(H,19,20). The van der Waals surface area contributed by atoms with Gasteiger partial charge in [-0.25, -0.2) is 4.79 Å². The maximum absolute atomic E-state index is 12.0. The highest BCUT2D eigenvalue weighted by Gasteiger charge is 2.28. The van der Waals surface area contributed by atoms with E-state index in [1.807, 2.05) is 30.3 Å². The molecule has 6 nitrogen and oxygen atoms in total. The van der Waals surface area contributed by atoms with E-state index >= 15 is 0 Å². The van der Waals surface area contributed by atoms with Crippen LogP contribution in [-0.4, -0.2) is 41.2 Å². The van der Waals surface area contributed by atoms with Crippen molar-refractivity contribution in [3.63, 3.8) is 0 Å². The minimum absolute atomic E-state index is 0.0247. The predicted molar refractivity (Wildman–Crippen MR) is 81.2 cm³/mol. The van der Waals surface area contributed by atoms with Crippen LogP contribution in [0.4, 0.5) is 4.79 Å². The molecule has 1 aromatic rings. The van der Waals surface area contributed by atoms with E-state index in [4.69, 9.17) is 15.6 Å². The average molecular weight is 306 g/mol. The van der Waals surface area contributed by atoms with Gasteiger partial charge in [-0.15, -0.1) is 0 Å². The summed E-state index contributed by atoms with van der Waals surface area (Å²) in [6.07, 6.45) is 1.08. The van der Waals surface area contributed by atoms with E-state index in [-0.39, 0.29) is 31.1 Å². The number of aliphatic carboxylic acids is 1. The van der Waals surface area contributed by atoms with Crippen LogP contribution in [0.2, 0.25) is 0 Å². The first-order valence-corrected chi connectivity index (χ1v) is 7.49. The van der Waals surface area contributed by atoms with E-state index in [9.17, 15) is 9.59 Å². The molecule has 2 rings (SSSR count). The number of nitrogens with two attached hydrogens (primary N) is 1. The Morgan fingerprint density at radius 2 is 1.91 bits per heavy atom. The van der Waals surface area contributed by atoms with Crippen LogP contribution >= 0.6 is 0 Å². The zero-order chi connectivity index (χ0) is 15.9. The number of hydrogen-bond acceptors (Lipinski definition) is 4. The Morgan fingerprint density at radius 3 is 2.50 bits per heavy atom. The molecule has 0 spiro atoms. The number of hydrogen-bond donors (Lipinski definition) is 2. The number of ether oxygens (including phenoxy) is 1. The van der Waals surface area contributed by atoms with Crippen LogP contribution in [0.3, 0.4) is 0 Å². The molecule has 1 saturated heterocycles. The SMILES string of the molecule is NC(CC(=O)O)C1CCN(C(=O)OCc2ccccc2)CC1. The van der Waals surface area contributed by atoms with Crippen LogP contribution in [0.5, 0.6) is 0 Å². The second kappa shape index (κ2) is 7.79. The smallest absolute Gasteiger partial charge is 0.410 e. The Kier molecular flexibility index (Phi) is 5.77. The molecule has 22 heavy (non-hydrogen) atoms. The molecular weight excluding hydrogens is 284 g/mol. The van der Waals surface area contributed by atoms with Crippen molar-refractivity contribution in [2.75, 3.05) is 13.1 Å². The Hall–Kier alpha value is -2.08. The van der Waals surface area contributed by atoms with Gasteiger partial charge in [0.25, 0.3) is 0 Å². The van der Waals surface area contributed by atoms with E-state index in [1.54, 1.807) is 4.90 Å².